The second-order valence-electron chi connectivity index (χ2n) is 10.1. The SMILES string of the molecule is O=C(Nc1ccc2nc(-c3ccc(NC(=O)C4CC5C=CC4C5)cc3)[nH]c2c1)C1CCCCC1. The van der Waals surface area contributed by atoms with Crippen LogP contribution in [0.2, 0.25) is 0 Å². The molecule has 2 saturated carbocycles. The number of imidazole rings is 1. The lowest BCUT2D eigenvalue weighted by molar-refractivity contribution is -0.121. The van der Waals surface area contributed by atoms with Gasteiger partial charge in [-0.2, -0.15) is 0 Å². The molecule has 6 rings (SSSR count). The van der Waals surface area contributed by atoms with E-state index in [-0.39, 0.29) is 23.7 Å². The predicted molar refractivity (Wildman–Crippen MR) is 134 cm³/mol. The zero-order valence-corrected chi connectivity index (χ0v) is 19.2. The molecule has 0 saturated heterocycles. The molecule has 0 aliphatic heterocycles. The lowest BCUT2D eigenvalue weighted by atomic mass is 9.88. The van der Waals surface area contributed by atoms with Crippen molar-refractivity contribution in [3.8, 4) is 11.4 Å². The Kier molecular flexibility index (Phi) is 5.44. The number of carbonyl (C=O) groups is 2. The van der Waals surface area contributed by atoms with Crippen LogP contribution in [0.25, 0.3) is 22.4 Å². The number of H-pyrrole nitrogens is 1. The number of nitrogens with zero attached hydrogens (tertiary/aromatic N) is 1. The Hall–Kier alpha value is -3.41. The second kappa shape index (κ2) is 8.75. The van der Waals surface area contributed by atoms with Crippen LogP contribution in [0, 0.1) is 23.7 Å². The van der Waals surface area contributed by atoms with E-state index >= 15 is 0 Å². The number of benzene rings is 2. The molecule has 34 heavy (non-hydrogen) atoms. The minimum absolute atomic E-state index is 0.0952. The third-order valence-corrected chi connectivity index (χ3v) is 7.77. The molecule has 1 heterocycles. The molecule has 3 aliphatic rings. The maximum atomic E-state index is 12.7. The molecule has 3 aliphatic carbocycles. The van der Waals surface area contributed by atoms with E-state index in [0.29, 0.717) is 11.8 Å². The minimum Gasteiger partial charge on any atom is -0.338 e. The Labute approximate surface area is 199 Å². The van der Waals surface area contributed by atoms with E-state index in [0.717, 1.165) is 72.3 Å². The summed E-state index contributed by atoms with van der Waals surface area (Å²) < 4.78 is 0. The molecule has 3 unspecified atom stereocenters. The molecule has 174 valence electrons. The predicted octanol–water partition coefficient (Wildman–Crippen LogP) is 5.90. The summed E-state index contributed by atoms with van der Waals surface area (Å²) in [7, 11) is 0. The van der Waals surface area contributed by atoms with Crippen molar-refractivity contribution in [1.82, 2.24) is 9.97 Å². The van der Waals surface area contributed by atoms with Gasteiger partial charge in [-0.15, -0.1) is 0 Å². The van der Waals surface area contributed by atoms with E-state index in [1.807, 2.05) is 42.5 Å². The molecular weight excluding hydrogens is 424 g/mol. The molecule has 3 aromatic rings. The average molecular weight is 455 g/mol. The number of carbonyl (C=O) groups excluding carboxylic acids is 2. The van der Waals surface area contributed by atoms with Gasteiger partial charge in [0.15, 0.2) is 0 Å². The van der Waals surface area contributed by atoms with Crippen molar-refractivity contribution < 1.29 is 9.59 Å². The Bertz CT molecular complexity index is 1250. The van der Waals surface area contributed by atoms with Crippen molar-refractivity contribution in [1.29, 1.82) is 0 Å². The summed E-state index contributed by atoms with van der Waals surface area (Å²) in [5.74, 6) is 2.21. The standard InChI is InChI=1S/C28H30N4O2/c33-27(19-4-2-1-3-5-19)30-22-12-13-24-25(16-22)32-26(31-24)18-8-10-21(11-9-18)29-28(34)23-15-17-6-7-20(23)14-17/h6-13,16-17,19-20,23H,1-5,14-15H2,(H,29,34)(H,30,33)(H,31,32). The summed E-state index contributed by atoms with van der Waals surface area (Å²) in [5, 5.41) is 6.16. The molecule has 3 atom stereocenters. The fourth-order valence-corrected chi connectivity index (χ4v) is 5.86. The molecule has 2 amide bonds. The average Bonchev–Trinajstić information content (AvgIpc) is 3.61. The van der Waals surface area contributed by atoms with Gasteiger partial charge in [-0.25, -0.2) is 4.98 Å². The minimum atomic E-state index is 0.0952. The van der Waals surface area contributed by atoms with Gasteiger partial charge < -0.3 is 15.6 Å². The molecule has 2 bridgehead atoms. The topological polar surface area (TPSA) is 86.9 Å². The first-order chi connectivity index (χ1) is 16.6. The highest BCUT2D eigenvalue weighted by Crippen LogP contribution is 2.43. The van der Waals surface area contributed by atoms with Gasteiger partial charge in [-0.1, -0.05) is 31.4 Å². The molecule has 1 aromatic heterocycles. The smallest absolute Gasteiger partial charge is 0.228 e. The summed E-state index contributed by atoms with van der Waals surface area (Å²) in [6, 6.07) is 13.6. The molecular formula is C28H30N4O2. The first-order valence-corrected chi connectivity index (χ1v) is 12.5. The van der Waals surface area contributed by atoms with Gasteiger partial charge in [0, 0.05) is 28.8 Å². The first kappa shape index (κ1) is 21.1. The highest BCUT2D eigenvalue weighted by molar-refractivity contribution is 5.95. The number of allylic oxidation sites excluding steroid dienone is 2. The van der Waals surface area contributed by atoms with Crippen LogP contribution in [-0.2, 0) is 9.59 Å². The lowest BCUT2D eigenvalue weighted by Crippen LogP contribution is -2.25. The van der Waals surface area contributed by atoms with Gasteiger partial charge in [0.25, 0.3) is 0 Å². The van der Waals surface area contributed by atoms with Gasteiger partial charge in [-0.3, -0.25) is 9.59 Å². The van der Waals surface area contributed by atoms with Gasteiger partial charge in [0.2, 0.25) is 11.8 Å². The zero-order valence-electron chi connectivity index (χ0n) is 19.2. The molecule has 0 spiro atoms. The molecule has 6 nitrogen and oxygen atoms in total. The highest BCUT2D eigenvalue weighted by Gasteiger charge is 2.39. The van der Waals surface area contributed by atoms with Crippen molar-refractivity contribution in [3.63, 3.8) is 0 Å². The number of hydrogen-bond donors (Lipinski definition) is 3. The van der Waals surface area contributed by atoms with Gasteiger partial charge in [0.05, 0.1) is 11.0 Å². The van der Waals surface area contributed by atoms with Crippen LogP contribution in [0.4, 0.5) is 11.4 Å². The monoisotopic (exact) mass is 454 g/mol. The van der Waals surface area contributed by atoms with Crippen molar-refractivity contribution in [2.24, 2.45) is 23.7 Å². The fourth-order valence-electron chi connectivity index (χ4n) is 5.86. The van der Waals surface area contributed by atoms with E-state index in [2.05, 4.69) is 27.8 Å². The lowest BCUT2D eigenvalue weighted by Gasteiger charge is -2.20. The van der Waals surface area contributed by atoms with Gasteiger partial charge >= 0.3 is 0 Å². The molecule has 3 N–H and O–H groups in total. The number of nitrogens with one attached hydrogen (secondary N) is 3. The van der Waals surface area contributed by atoms with Crippen LogP contribution in [-0.4, -0.2) is 21.8 Å². The van der Waals surface area contributed by atoms with E-state index in [9.17, 15) is 9.59 Å². The number of aromatic nitrogens is 2. The summed E-state index contributed by atoms with van der Waals surface area (Å²) in [4.78, 5) is 33.4. The maximum absolute atomic E-state index is 12.7. The van der Waals surface area contributed by atoms with Crippen LogP contribution >= 0.6 is 0 Å². The van der Waals surface area contributed by atoms with E-state index in [4.69, 9.17) is 4.98 Å². The van der Waals surface area contributed by atoms with Gasteiger partial charge in [-0.05, 0) is 80.0 Å². The molecule has 2 aromatic carbocycles. The zero-order chi connectivity index (χ0) is 23.1. The van der Waals surface area contributed by atoms with E-state index < -0.39 is 0 Å². The Morgan fingerprint density at radius 3 is 2.35 bits per heavy atom. The quantitative estimate of drug-likeness (QED) is 0.420. The Balaban J connectivity index is 1.13. The van der Waals surface area contributed by atoms with Crippen LogP contribution < -0.4 is 10.6 Å². The number of hydrogen-bond acceptors (Lipinski definition) is 3. The van der Waals surface area contributed by atoms with Crippen molar-refractivity contribution in [2.75, 3.05) is 10.6 Å². The van der Waals surface area contributed by atoms with Gasteiger partial charge in [0.1, 0.15) is 5.82 Å². The third kappa shape index (κ3) is 4.13. The second-order valence-corrected chi connectivity index (χ2v) is 10.1. The summed E-state index contributed by atoms with van der Waals surface area (Å²) in [6.07, 6.45) is 12.0. The van der Waals surface area contributed by atoms with E-state index in [1.54, 1.807) is 0 Å². The Morgan fingerprint density at radius 2 is 1.62 bits per heavy atom. The summed E-state index contributed by atoms with van der Waals surface area (Å²) in [5.41, 5.74) is 4.30. The Morgan fingerprint density at radius 1 is 0.853 bits per heavy atom. The van der Waals surface area contributed by atoms with Crippen LogP contribution in [0.1, 0.15) is 44.9 Å². The van der Waals surface area contributed by atoms with Crippen LogP contribution in [0.5, 0.6) is 0 Å². The summed E-state index contributed by atoms with van der Waals surface area (Å²) >= 11 is 0. The molecule has 6 heteroatoms. The maximum Gasteiger partial charge on any atom is 0.228 e. The normalized spacial score (nSPS) is 23.9. The third-order valence-electron chi connectivity index (χ3n) is 7.77. The number of amides is 2. The van der Waals surface area contributed by atoms with Crippen molar-refractivity contribution >= 4 is 34.2 Å². The molecule has 2 fully saturated rings. The number of rotatable bonds is 5. The van der Waals surface area contributed by atoms with Crippen LogP contribution in [0.3, 0.4) is 0 Å². The van der Waals surface area contributed by atoms with E-state index in [1.165, 1.54) is 6.42 Å². The number of anilines is 2. The van der Waals surface area contributed by atoms with Crippen LogP contribution in [0.15, 0.2) is 54.6 Å². The fraction of sp³-hybridized carbons (Fsp3) is 0.393. The molecule has 0 radical (unpaired) electrons. The largest absolute Gasteiger partial charge is 0.338 e. The summed E-state index contributed by atoms with van der Waals surface area (Å²) in [6.45, 7) is 0. The number of aromatic amines is 1. The highest BCUT2D eigenvalue weighted by atomic mass is 16.2. The van der Waals surface area contributed by atoms with Crippen molar-refractivity contribution in [3.05, 3.63) is 54.6 Å². The number of fused-ring (bicyclic) bond motifs is 3. The first-order valence-electron chi connectivity index (χ1n) is 12.5. The van der Waals surface area contributed by atoms with Crippen molar-refractivity contribution in [2.45, 2.75) is 44.9 Å².